The van der Waals surface area contributed by atoms with Gasteiger partial charge in [0.1, 0.15) is 17.3 Å². The Labute approximate surface area is 160 Å². The van der Waals surface area contributed by atoms with Crippen LogP contribution in [0.15, 0.2) is 42.5 Å². The smallest absolute Gasteiger partial charge is 0.255 e. The highest BCUT2D eigenvalue weighted by Crippen LogP contribution is 2.41. The van der Waals surface area contributed by atoms with Gasteiger partial charge in [-0.25, -0.2) is 17.9 Å². The number of nitrogens with one attached hydrogen (secondary N) is 1. The molecule has 2 aromatic carbocycles. The molecule has 1 saturated carbocycles. The van der Waals surface area contributed by atoms with E-state index in [4.69, 9.17) is 0 Å². The Bertz CT molecular complexity index is 1060. The molecule has 1 aliphatic carbocycles. The molecule has 0 saturated heterocycles. The molecule has 1 heterocycles. The van der Waals surface area contributed by atoms with E-state index in [-0.39, 0.29) is 29.4 Å². The summed E-state index contributed by atoms with van der Waals surface area (Å²) in [5.41, 5.74) is 2.35. The lowest BCUT2D eigenvalue weighted by molar-refractivity contribution is 0.0949. The third kappa shape index (κ3) is 3.28. The summed E-state index contributed by atoms with van der Waals surface area (Å²) in [6.07, 6.45) is 0.774. The van der Waals surface area contributed by atoms with E-state index in [0.717, 1.165) is 24.1 Å². The quantitative estimate of drug-likeness (QED) is 0.732. The predicted octanol–water partition coefficient (Wildman–Crippen LogP) is 4.19. The molecule has 0 aliphatic heterocycles. The van der Waals surface area contributed by atoms with Gasteiger partial charge in [0.25, 0.3) is 5.91 Å². The molecule has 1 fully saturated rings. The third-order valence-corrected chi connectivity index (χ3v) is 5.06. The van der Waals surface area contributed by atoms with Crippen LogP contribution < -0.4 is 5.32 Å². The van der Waals surface area contributed by atoms with Crippen LogP contribution in [0.3, 0.4) is 0 Å². The standard InChI is InChI=1S/C21H18F3N3O/c1-11-20(12(2)27(26-11)19-8-7-15(23)9-17(19)24)21(28)25-18-10-16(18)13-3-5-14(22)6-4-13/h3-9,16,18H,10H2,1-2H3,(H,25,28). The fourth-order valence-corrected chi connectivity index (χ4v) is 3.53. The van der Waals surface area contributed by atoms with Crippen molar-refractivity contribution in [3.05, 3.63) is 82.4 Å². The zero-order valence-electron chi connectivity index (χ0n) is 15.3. The lowest BCUT2D eigenvalue weighted by Gasteiger charge is -2.08. The Kier molecular flexibility index (Phi) is 4.45. The first kappa shape index (κ1) is 18.3. The number of hydrogen-bond acceptors (Lipinski definition) is 2. The van der Waals surface area contributed by atoms with Gasteiger partial charge in [0, 0.05) is 18.0 Å². The fourth-order valence-electron chi connectivity index (χ4n) is 3.53. The summed E-state index contributed by atoms with van der Waals surface area (Å²) >= 11 is 0. The van der Waals surface area contributed by atoms with Gasteiger partial charge in [0.05, 0.1) is 17.0 Å². The number of carbonyl (C=O) groups is 1. The minimum Gasteiger partial charge on any atom is -0.349 e. The summed E-state index contributed by atoms with van der Waals surface area (Å²) in [5.74, 6) is -1.87. The Hall–Kier alpha value is -3.09. The van der Waals surface area contributed by atoms with E-state index >= 15 is 0 Å². The number of amides is 1. The molecule has 0 radical (unpaired) electrons. The van der Waals surface area contributed by atoms with Crippen molar-refractivity contribution >= 4 is 5.91 Å². The highest BCUT2D eigenvalue weighted by Gasteiger charge is 2.40. The van der Waals surface area contributed by atoms with Gasteiger partial charge in [0.15, 0.2) is 5.82 Å². The molecule has 4 nitrogen and oxygen atoms in total. The van der Waals surface area contributed by atoms with E-state index in [0.29, 0.717) is 17.0 Å². The van der Waals surface area contributed by atoms with Crippen molar-refractivity contribution in [1.29, 1.82) is 0 Å². The molecule has 1 N–H and O–H groups in total. The third-order valence-electron chi connectivity index (χ3n) is 5.06. The van der Waals surface area contributed by atoms with E-state index in [1.165, 1.54) is 22.9 Å². The number of carbonyl (C=O) groups excluding carboxylic acids is 1. The molecule has 0 bridgehead atoms. The second kappa shape index (κ2) is 6.82. The molecule has 2 atom stereocenters. The van der Waals surface area contributed by atoms with Crippen molar-refractivity contribution in [2.45, 2.75) is 32.2 Å². The van der Waals surface area contributed by atoms with Gasteiger partial charge < -0.3 is 5.32 Å². The van der Waals surface area contributed by atoms with Crippen LogP contribution in [0.5, 0.6) is 0 Å². The summed E-state index contributed by atoms with van der Waals surface area (Å²) in [7, 11) is 0. The highest BCUT2D eigenvalue weighted by atomic mass is 19.1. The predicted molar refractivity (Wildman–Crippen MR) is 98.0 cm³/mol. The molecule has 1 aliphatic rings. The van der Waals surface area contributed by atoms with Crippen LogP contribution in [0, 0.1) is 31.3 Å². The second-order valence-electron chi connectivity index (χ2n) is 7.03. The summed E-state index contributed by atoms with van der Waals surface area (Å²) in [5, 5.41) is 7.22. The van der Waals surface area contributed by atoms with Crippen molar-refractivity contribution in [3.8, 4) is 5.69 Å². The van der Waals surface area contributed by atoms with E-state index in [9.17, 15) is 18.0 Å². The zero-order valence-corrected chi connectivity index (χ0v) is 15.3. The molecule has 144 valence electrons. The second-order valence-corrected chi connectivity index (χ2v) is 7.03. The van der Waals surface area contributed by atoms with Gasteiger partial charge in [-0.3, -0.25) is 4.79 Å². The molecular weight excluding hydrogens is 367 g/mol. The SMILES string of the molecule is Cc1nn(-c2ccc(F)cc2F)c(C)c1C(=O)NC1CC1c1ccc(F)cc1. The normalized spacial score (nSPS) is 18.2. The van der Waals surface area contributed by atoms with Crippen LogP contribution in [0.25, 0.3) is 5.69 Å². The van der Waals surface area contributed by atoms with E-state index in [1.807, 2.05) is 0 Å². The van der Waals surface area contributed by atoms with Gasteiger partial charge in [-0.1, -0.05) is 12.1 Å². The van der Waals surface area contributed by atoms with Gasteiger partial charge in [-0.05, 0) is 50.1 Å². The first-order valence-corrected chi connectivity index (χ1v) is 8.93. The molecule has 1 aromatic heterocycles. The summed E-state index contributed by atoms with van der Waals surface area (Å²) < 4.78 is 41.7. The van der Waals surface area contributed by atoms with E-state index in [1.54, 1.807) is 26.0 Å². The number of rotatable bonds is 4. The van der Waals surface area contributed by atoms with Crippen molar-refractivity contribution < 1.29 is 18.0 Å². The van der Waals surface area contributed by atoms with Gasteiger partial charge >= 0.3 is 0 Å². The Morgan fingerprint density at radius 1 is 1.07 bits per heavy atom. The van der Waals surface area contributed by atoms with E-state index in [2.05, 4.69) is 10.4 Å². The first-order valence-electron chi connectivity index (χ1n) is 8.93. The monoisotopic (exact) mass is 385 g/mol. The number of halogens is 3. The highest BCUT2D eigenvalue weighted by molar-refractivity contribution is 5.97. The van der Waals surface area contributed by atoms with Crippen molar-refractivity contribution in [3.63, 3.8) is 0 Å². The average molecular weight is 385 g/mol. The van der Waals surface area contributed by atoms with Crippen molar-refractivity contribution in [1.82, 2.24) is 15.1 Å². The van der Waals surface area contributed by atoms with Crippen molar-refractivity contribution in [2.75, 3.05) is 0 Å². The molecule has 4 rings (SSSR count). The molecule has 1 amide bonds. The molecule has 28 heavy (non-hydrogen) atoms. The summed E-state index contributed by atoms with van der Waals surface area (Å²) in [6, 6.07) is 9.43. The van der Waals surface area contributed by atoms with Gasteiger partial charge in [-0.2, -0.15) is 5.10 Å². The molecule has 3 aromatic rings. The number of aryl methyl sites for hydroxylation is 1. The van der Waals surface area contributed by atoms with Crippen LogP contribution in [0.4, 0.5) is 13.2 Å². The minimum atomic E-state index is -0.754. The maximum Gasteiger partial charge on any atom is 0.255 e. The maximum atomic E-state index is 14.1. The summed E-state index contributed by atoms with van der Waals surface area (Å²) in [6.45, 7) is 3.34. The first-order chi connectivity index (χ1) is 13.3. The van der Waals surface area contributed by atoms with Crippen LogP contribution in [-0.4, -0.2) is 21.7 Å². The lowest BCUT2D eigenvalue weighted by atomic mass is 10.1. The Morgan fingerprint density at radius 3 is 2.43 bits per heavy atom. The Morgan fingerprint density at radius 2 is 1.75 bits per heavy atom. The van der Waals surface area contributed by atoms with Crippen LogP contribution >= 0.6 is 0 Å². The number of nitrogens with zero attached hydrogens (tertiary/aromatic N) is 2. The topological polar surface area (TPSA) is 46.9 Å². The minimum absolute atomic E-state index is 0.0392. The molecular formula is C21H18F3N3O. The van der Waals surface area contributed by atoms with Crippen LogP contribution in [0.2, 0.25) is 0 Å². The molecule has 7 heteroatoms. The van der Waals surface area contributed by atoms with E-state index < -0.39 is 11.6 Å². The fraction of sp³-hybridized carbons (Fsp3) is 0.238. The zero-order chi connectivity index (χ0) is 20.0. The molecule has 2 unspecified atom stereocenters. The number of hydrogen-bond donors (Lipinski definition) is 1. The van der Waals surface area contributed by atoms with Gasteiger partial charge in [0.2, 0.25) is 0 Å². The van der Waals surface area contributed by atoms with Crippen LogP contribution in [0.1, 0.15) is 39.6 Å². The van der Waals surface area contributed by atoms with Gasteiger partial charge in [-0.15, -0.1) is 0 Å². The Balaban J connectivity index is 1.54. The largest absolute Gasteiger partial charge is 0.349 e. The number of benzene rings is 2. The molecule has 0 spiro atoms. The average Bonchev–Trinajstić information content (AvgIpc) is 3.33. The number of aromatic nitrogens is 2. The lowest BCUT2D eigenvalue weighted by Crippen LogP contribution is -2.27. The van der Waals surface area contributed by atoms with Crippen molar-refractivity contribution in [2.24, 2.45) is 0 Å². The summed E-state index contributed by atoms with van der Waals surface area (Å²) in [4.78, 5) is 12.8. The maximum absolute atomic E-state index is 14.1. The van der Waals surface area contributed by atoms with Crippen LogP contribution in [-0.2, 0) is 0 Å².